The summed E-state index contributed by atoms with van der Waals surface area (Å²) in [4.78, 5) is 11.8. The maximum absolute atomic E-state index is 11.7. The minimum atomic E-state index is -0.0612. The Hall–Kier alpha value is -0.290. The van der Waals surface area contributed by atoms with Gasteiger partial charge >= 0.3 is 0 Å². The van der Waals surface area contributed by atoms with Crippen LogP contribution in [0.3, 0.4) is 0 Å². The summed E-state index contributed by atoms with van der Waals surface area (Å²) in [7, 11) is 1.62. The second-order valence-corrected chi connectivity index (χ2v) is 5.89. The lowest BCUT2D eigenvalue weighted by atomic mass is 10.1. The maximum atomic E-state index is 11.7. The van der Waals surface area contributed by atoms with Crippen molar-refractivity contribution >= 4 is 45.0 Å². The van der Waals surface area contributed by atoms with Crippen molar-refractivity contribution in [3.05, 3.63) is 33.8 Å². The largest absolute Gasteiger partial charge is 0.383 e. The number of rotatable bonds is 6. The number of alkyl halides is 1. The molecule has 0 aliphatic carbocycles. The number of benzene rings is 1. The summed E-state index contributed by atoms with van der Waals surface area (Å²) in [6.07, 6.45) is 0.281. The zero-order valence-corrected chi connectivity index (χ0v) is 13.0. The summed E-state index contributed by atoms with van der Waals surface area (Å²) in [6.45, 7) is 1.07. The lowest BCUT2D eigenvalue weighted by molar-refractivity contribution is -0.120. The first-order chi connectivity index (χ1) is 8.52. The molecule has 0 radical (unpaired) electrons. The minimum Gasteiger partial charge on any atom is -0.383 e. The zero-order valence-electron chi connectivity index (χ0n) is 9.88. The van der Waals surface area contributed by atoms with Gasteiger partial charge in [0.1, 0.15) is 0 Å². The molecule has 1 aromatic carbocycles. The lowest BCUT2D eigenvalue weighted by Gasteiger charge is -2.10. The van der Waals surface area contributed by atoms with E-state index in [0.717, 1.165) is 5.56 Å². The van der Waals surface area contributed by atoms with Gasteiger partial charge in [-0.25, -0.2) is 0 Å². The Bertz CT molecular complexity index is 415. The van der Waals surface area contributed by atoms with Crippen LogP contribution in [0.5, 0.6) is 0 Å². The fraction of sp³-hybridized carbons (Fsp3) is 0.417. The molecule has 0 spiro atoms. The third kappa shape index (κ3) is 5.57. The SMILES string of the molecule is COCC(Br)CNC(=O)Cc1ccc(Cl)c(Cl)c1. The number of ether oxygens (including phenoxy) is 1. The van der Waals surface area contributed by atoms with Gasteiger partial charge in [-0.3, -0.25) is 4.79 Å². The number of nitrogens with one attached hydrogen (secondary N) is 1. The molecule has 1 aromatic rings. The van der Waals surface area contributed by atoms with E-state index in [1.165, 1.54) is 0 Å². The van der Waals surface area contributed by atoms with Crippen LogP contribution in [0.2, 0.25) is 10.0 Å². The lowest BCUT2D eigenvalue weighted by Crippen LogP contribution is -2.32. The number of hydrogen-bond acceptors (Lipinski definition) is 2. The standard InChI is InChI=1S/C12H14BrCl2NO2/c1-18-7-9(13)6-16-12(17)5-8-2-3-10(14)11(15)4-8/h2-4,9H,5-7H2,1H3,(H,16,17). The van der Waals surface area contributed by atoms with E-state index >= 15 is 0 Å². The van der Waals surface area contributed by atoms with Crippen LogP contribution in [-0.2, 0) is 16.0 Å². The molecule has 1 atom stereocenters. The highest BCUT2D eigenvalue weighted by molar-refractivity contribution is 9.09. The van der Waals surface area contributed by atoms with Crippen LogP contribution < -0.4 is 5.32 Å². The van der Waals surface area contributed by atoms with Crippen molar-refractivity contribution in [3.63, 3.8) is 0 Å². The number of methoxy groups -OCH3 is 1. The van der Waals surface area contributed by atoms with Crippen molar-refractivity contribution in [2.24, 2.45) is 0 Å². The van der Waals surface area contributed by atoms with E-state index in [2.05, 4.69) is 21.2 Å². The van der Waals surface area contributed by atoms with E-state index in [1.54, 1.807) is 25.3 Å². The highest BCUT2D eigenvalue weighted by atomic mass is 79.9. The molecule has 1 unspecified atom stereocenters. The molecular formula is C12H14BrCl2NO2. The highest BCUT2D eigenvalue weighted by Crippen LogP contribution is 2.22. The Morgan fingerprint density at radius 3 is 2.78 bits per heavy atom. The zero-order chi connectivity index (χ0) is 13.5. The molecule has 100 valence electrons. The molecule has 0 bridgehead atoms. The predicted octanol–water partition coefficient (Wildman–Crippen LogP) is 3.06. The normalized spacial score (nSPS) is 12.2. The van der Waals surface area contributed by atoms with Gasteiger partial charge in [0.05, 0.1) is 27.9 Å². The quantitative estimate of drug-likeness (QED) is 0.797. The first-order valence-electron chi connectivity index (χ1n) is 5.36. The van der Waals surface area contributed by atoms with Gasteiger partial charge in [0, 0.05) is 13.7 Å². The Morgan fingerprint density at radius 1 is 1.44 bits per heavy atom. The summed E-state index contributed by atoms with van der Waals surface area (Å²) in [5.41, 5.74) is 0.833. The molecule has 1 amide bonds. The van der Waals surface area contributed by atoms with Gasteiger partial charge in [0.25, 0.3) is 0 Å². The fourth-order valence-corrected chi connectivity index (χ4v) is 2.11. The van der Waals surface area contributed by atoms with E-state index in [4.69, 9.17) is 27.9 Å². The smallest absolute Gasteiger partial charge is 0.224 e. The molecule has 0 saturated carbocycles. The Kier molecular flexibility index (Phi) is 7.00. The van der Waals surface area contributed by atoms with Crippen molar-refractivity contribution < 1.29 is 9.53 Å². The van der Waals surface area contributed by atoms with Crippen LogP contribution in [0.15, 0.2) is 18.2 Å². The molecule has 0 heterocycles. The second-order valence-electron chi connectivity index (χ2n) is 3.78. The van der Waals surface area contributed by atoms with E-state index in [-0.39, 0.29) is 17.2 Å². The Morgan fingerprint density at radius 2 is 2.17 bits per heavy atom. The van der Waals surface area contributed by atoms with Gasteiger partial charge in [0.15, 0.2) is 0 Å². The first kappa shape index (κ1) is 15.8. The van der Waals surface area contributed by atoms with Gasteiger partial charge in [-0.05, 0) is 17.7 Å². The third-order valence-electron chi connectivity index (χ3n) is 2.22. The number of halogens is 3. The van der Waals surface area contributed by atoms with Gasteiger partial charge in [-0.2, -0.15) is 0 Å². The maximum Gasteiger partial charge on any atom is 0.224 e. The Labute approximate surface area is 125 Å². The summed E-state index contributed by atoms with van der Waals surface area (Å²) in [5, 5.41) is 3.75. The van der Waals surface area contributed by atoms with Crippen molar-refractivity contribution in [1.82, 2.24) is 5.32 Å². The van der Waals surface area contributed by atoms with Crippen LogP contribution in [-0.4, -0.2) is 31.0 Å². The van der Waals surface area contributed by atoms with Crippen molar-refractivity contribution in [3.8, 4) is 0 Å². The van der Waals surface area contributed by atoms with E-state index in [1.807, 2.05) is 0 Å². The Balaban J connectivity index is 2.42. The average molecular weight is 355 g/mol. The van der Waals surface area contributed by atoms with Gasteiger partial charge in [-0.15, -0.1) is 0 Å². The van der Waals surface area contributed by atoms with Crippen molar-refractivity contribution in [2.45, 2.75) is 11.2 Å². The molecule has 18 heavy (non-hydrogen) atoms. The van der Waals surface area contributed by atoms with Crippen LogP contribution in [0.1, 0.15) is 5.56 Å². The molecule has 1 N–H and O–H groups in total. The molecule has 6 heteroatoms. The fourth-order valence-electron chi connectivity index (χ4n) is 1.36. The van der Waals surface area contributed by atoms with Gasteiger partial charge in [-0.1, -0.05) is 45.2 Å². The number of amides is 1. The van der Waals surface area contributed by atoms with Crippen molar-refractivity contribution in [1.29, 1.82) is 0 Å². The molecule has 0 saturated heterocycles. The average Bonchev–Trinajstić information content (AvgIpc) is 2.32. The molecule has 1 rings (SSSR count). The van der Waals surface area contributed by atoms with E-state index < -0.39 is 0 Å². The minimum absolute atomic E-state index is 0.0612. The highest BCUT2D eigenvalue weighted by Gasteiger charge is 2.08. The van der Waals surface area contributed by atoms with Crippen LogP contribution in [0, 0.1) is 0 Å². The molecule has 0 aromatic heterocycles. The topological polar surface area (TPSA) is 38.3 Å². The first-order valence-corrected chi connectivity index (χ1v) is 7.03. The molecule has 0 aliphatic rings. The molecular weight excluding hydrogens is 341 g/mol. The summed E-state index contributed by atoms with van der Waals surface area (Å²) >= 11 is 15.1. The van der Waals surface area contributed by atoms with Crippen LogP contribution in [0.25, 0.3) is 0 Å². The molecule has 0 aliphatic heterocycles. The van der Waals surface area contributed by atoms with Crippen LogP contribution in [0.4, 0.5) is 0 Å². The van der Waals surface area contributed by atoms with Gasteiger partial charge in [0.2, 0.25) is 5.91 Å². The van der Waals surface area contributed by atoms with Gasteiger partial charge < -0.3 is 10.1 Å². The second kappa shape index (κ2) is 8.00. The predicted molar refractivity (Wildman–Crippen MR) is 77.8 cm³/mol. The van der Waals surface area contributed by atoms with Crippen molar-refractivity contribution in [2.75, 3.05) is 20.3 Å². The monoisotopic (exact) mass is 353 g/mol. The molecule has 0 fully saturated rings. The van der Waals surface area contributed by atoms with Crippen LogP contribution >= 0.6 is 39.1 Å². The summed E-state index contributed by atoms with van der Waals surface area (Å²) in [5.74, 6) is -0.0612. The third-order valence-corrected chi connectivity index (χ3v) is 3.54. The number of carbonyl (C=O) groups is 1. The molecule has 3 nitrogen and oxygen atoms in total. The van der Waals surface area contributed by atoms with E-state index in [9.17, 15) is 4.79 Å². The van der Waals surface area contributed by atoms with E-state index in [0.29, 0.717) is 23.2 Å². The summed E-state index contributed by atoms with van der Waals surface area (Å²) < 4.78 is 4.95. The number of carbonyl (C=O) groups excluding carboxylic acids is 1. The summed E-state index contributed by atoms with van der Waals surface area (Å²) in [6, 6.07) is 5.17. The number of hydrogen-bond donors (Lipinski definition) is 1.